The molecule has 0 aromatic rings. The van der Waals surface area contributed by atoms with Crippen LogP contribution in [0.4, 0.5) is 0 Å². The van der Waals surface area contributed by atoms with Gasteiger partial charge in [0.15, 0.2) is 5.79 Å². The van der Waals surface area contributed by atoms with Crippen molar-refractivity contribution in [1.82, 2.24) is 0 Å². The Kier molecular flexibility index (Phi) is 3.33. The van der Waals surface area contributed by atoms with E-state index in [-0.39, 0.29) is 18.5 Å². The predicted octanol–water partition coefficient (Wildman–Crippen LogP) is 1.94. The lowest BCUT2D eigenvalue weighted by molar-refractivity contribution is -0.196. The lowest BCUT2D eigenvalue weighted by Crippen LogP contribution is -2.37. The summed E-state index contributed by atoms with van der Waals surface area (Å²) >= 11 is 0. The molecule has 1 saturated heterocycles. The van der Waals surface area contributed by atoms with Gasteiger partial charge in [0, 0.05) is 12.8 Å². The highest BCUT2D eigenvalue weighted by Crippen LogP contribution is 2.41. The lowest BCUT2D eigenvalue weighted by Gasteiger charge is -2.37. The zero-order valence-electron chi connectivity index (χ0n) is 9.74. The van der Waals surface area contributed by atoms with Gasteiger partial charge < -0.3 is 14.6 Å². The molecular weight excluding hydrogens is 192 g/mol. The van der Waals surface area contributed by atoms with Crippen LogP contribution in [0.2, 0.25) is 0 Å². The molecule has 15 heavy (non-hydrogen) atoms. The average molecular weight is 214 g/mol. The van der Waals surface area contributed by atoms with Crippen LogP contribution >= 0.6 is 0 Å². The van der Waals surface area contributed by atoms with Gasteiger partial charge in [0.05, 0.1) is 13.2 Å². The maximum atomic E-state index is 9.02. The molecule has 0 bridgehead atoms. The Hall–Kier alpha value is -0.120. The second kappa shape index (κ2) is 4.40. The Bertz CT molecular complexity index is 207. The molecule has 1 heterocycles. The molecular formula is C12H22O3. The third kappa shape index (κ3) is 2.35. The molecule has 1 spiro atoms. The maximum absolute atomic E-state index is 9.02. The minimum Gasteiger partial charge on any atom is -0.394 e. The van der Waals surface area contributed by atoms with Gasteiger partial charge in [0.1, 0.15) is 6.10 Å². The van der Waals surface area contributed by atoms with Crippen LogP contribution in [-0.2, 0) is 9.47 Å². The van der Waals surface area contributed by atoms with Crippen LogP contribution in [0.3, 0.4) is 0 Å². The van der Waals surface area contributed by atoms with Crippen LogP contribution in [0, 0.1) is 11.8 Å². The zero-order valence-corrected chi connectivity index (χ0v) is 9.74. The van der Waals surface area contributed by atoms with Crippen LogP contribution < -0.4 is 0 Å². The molecule has 3 nitrogen and oxygen atoms in total. The van der Waals surface area contributed by atoms with E-state index in [2.05, 4.69) is 13.8 Å². The Morgan fingerprint density at radius 3 is 2.47 bits per heavy atom. The van der Waals surface area contributed by atoms with E-state index in [1.807, 2.05) is 0 Å². The summed E-state index contributed by atoms with van der Waals surface area (Å²) < 4.78 is 11.5. The van der Waals surface area contributed by atoms with E-state index in [0.717, 1.165) is 24.7 Å². The molecule has 1 unspecified atom stereocenters. The van der Waals surface area contributed by atoms with Crippen LogP contribution in [-0.4, -0.2) is 30.2 Å². The number of rotatable bonds is 2. The van der Waals surface area contributed by atoms with Crippen LogP contribution in [0.25, 0.3) is 0 Å². The van der Waals surface area contributed by atoms with E-state index < -0.39 is 0 Å². The third-order valence-electron chi connectivity index (χ3n) is 3.85. The molecule has 2 rings (SSSR count). The molecule has 0 aromatic carbocycles. The number of ether oxygens (including phenoxy) is 2. The second-order valence-electron chi connectivity index (χ2n) is 5.23. The lowest BCUT2D eigenvalue weighted by atomic mass is 9.79. The fourth-order valence-corrected chi connectivity index (χ4v) is 2.72. The topological polar surface area (TPSA) is 38.7 Å². The Labute approximate surface area is 91.8 Å². The van der Waals surface area contributed by atoms with E-state index in [1.165, 1.54) is 12.8 Å². The Morgan fingerprint density at radius 2 is 2.00 bits per heavy atom. The standard InChI is InChI=1S/C12H22O3/c1-9(2)10-3-5-12(6-4-10)14-8-11(7-13)15-12/h9-11,13H,3-8H2,1-2H3. The SMILES string of the molecule is CC(C)C1CCC2(CC1)OCC(CO)O2. The minimum absolute atomic E-state index is 0.0787. The first kappa shape index (κ1) is 11.4. The monoisotopic (exact) mass is 214 g/mol. The summed E-state index contributed by atoms with van der Waals surface area (Å²) in [5.74, 6) is 1.23. The summed E-state index contributed by atoms with van der Waals surface area (Å²) in [5.41, 5.74) is 0. The average Bonchev–Trinajstić information content (AvgIpc) is 2.62. The van der Waals surface area contributed by atoms with Gasteiger partial charge in [0.2, 0.25) is 0 Å². The summed E-state index contributed by atoms with van der Waals surface area (Å²) in [6.07, 6.45) is 4.27. The van der Waals surface area contributed by atoms with E-state index in [4.69, 9.17) is 14.6 Å². The van der Waals surface area contributed by atoms with Gasteiger partial charge in [-0.05, 0) is 24.7 Å². The molecule has 0 radical (unpaired) electrons. The first-order chi connectivity index (χ1) is 7.15. The normalized spacial score (nSPS) is 41.6. The summed E-state index contributed by atoms with van der Waals surface area (Å²) in [7, 11) is 0. The van der Waals surface area contributed by atoms with E-state index in [9.17, 15) is 0 Å². The Morgan fingerprint density at radius 1 is 1.33 bits per heavy atom. The molecule has 1 atom stereocenters. The van der Waals surface area contributed by atoms with Crippen molar-refractivity contribution in [3.05, 3.63) is 0 Å². The highest BCUT2D eigenvalue weighted by molar-refractivity contribution is 4.85. The van der Waals surface area contributed by atoms with Crippen molar-refractivity contribution >= 4 is 0 Å². The number of aliphatic hydroxyl groups is 1. The summed E-state index contributed by atoms with van der Waals surface area (Å²) in [6.45, 7) is 5.21. The molecule has 88 valence electrons. The quantitative estimate of drug-likeness (QED) is 0.763. The smallest absolute Gasteiger partial charge is 0.169 e. The van der Waals surface area contributed by atoms with E-state index >= 15 is 0 Å². The van der Waals surface area contributed by atoms with Crippen molar-refractivity contribution in [1.29, 1.82) is 0 Å². The van der Waals surface area contributed by atoms with Gasteiger partial charge in [-0.3, -0.25) is 0 Å². The van der Waals surface area contributed by atoms with E-state index in [0.29, 0.717) is 6.61 Å². The molecule has 0 amide bonds. The molecule has 1 aliphatic carbocycles. The molecule has 1 saturated carbocycles. The van der Waals surface area contributed by atoms with Crippen molar-refractivity contribution in [2.75, 3.05) is 13.2 Å². The van der Waals surface area contributed by atoms with Gasteiger partial charge in [-0.15, -0.1) is 0 Å². The van der Waals surface area contributed by atoms with Crippen molar-refractivity contribution in [3.8, 4) is 0 Å². The summed E-state index contributed by atoms with van der Waals surface area (Å²) in [4.78, 5) is 0. The predicted molar refractivity (Wildman–Crippen MR) is 57.4 cm³/mol. The first-order valence-electron chi connectivity index (χ1n) is 6.08. The number of hydrogen-bond acceptors (Lipinski definition) is 3. The first-order valence-corrected chi connectivity index (χ1v) is 6.08. The van der Waals surface area contributed by atoms with Crippen molar-refractivity contribution in [2.45, 2.75) is 51.4 Å². The largest absolute Gasteiger partial charge is 0.394 e. The molecule has 1 aliphatic heterocycles. The minimum atomic E-state index is -0.348. The van der Waals surface area contributed by atoms with Crippen LogP contribution in [0.5, 0.6) is 0 Å². The fourth-order valence-electron chi connectivity index (χ4n) is 2.72. The van der Waals surface area contributed by atoms with Gasteiger partial charge >= 0.3 is 0 Å². The molecule has 3 heteroatoms. The number of aliphatic hydroxyl groups excluding tert-OH is 1. The molecule has 1 N–H and O–H groups in total. The van der Waals surface area contributed by atoms with Crippen molar-refractivity contribution < 1.29 is 14.6 Å². The van der Waals surface area contributed by atoms with Gasteiger partial charge in [-0.1, -0.05) is 13.8 Å². The summed E-state index contributed by atoms with van der Waals surface area (Å²) in [5, 5.41) is 9.02. The third-order valence-corrected chi connectivity index (χ3v) is 3.85. The highest BCUT2D eigenvalue weighted by atomic mass is 16.7. The highest BCUT2D eigenvalue weighted by Gasteiger charge is 2.44. The fraction of sp³-hybridized carbons (Fsp3) is 1.00. The van der Waals surface area contributed by atoms with E-state index in [1.54, 1.807) is 0 Å². The van der Waals surface area contributed by atoms with Crippen LogP contribution in [0.15, 0.2) is 0 Å². The second-order valence-corrected chi connectivity index (χ2v) is 5.23. The van der Waals surface area contributed by atoms with Crippen molar-refractivity contribution in [2.24, 2.45) is 11.8 Å². The molecule has 0 aromatic heterocycles. The number of hydrogen-bond donors (Lipinski definition) is 1. The molecule has 2 fully saturated rings. The van der Waals surface area contributed by atoms with Crippen LogP contribution in [0.1, 0.15) is 39.5 Å². The zero-order chi connectivity index (χ0) is 10.9. The Balaban J connectivity index is 1.87. The van der Waals surface area contributed by atoms with Gasteiger partial charge in [0.25, 0.3) is 0 Å². The maximum Gasteiger partial charge on any atom is 0.169 e. The molecule has 2 aliphatic rings. The summed E-state index contributed by atoms with van der Waals surface area (Å²) in [6, 6.07) is 0. The van der Waals surface area contributed by atoms with Gasteiger partial charge in [-0.25, -0.2) is 0 Å². The van der Waals surface area contributed by atoms with Crippen molar-refractivity contribution in [3.63, 3.8) is 0 Å². The van der Waals surface area contributed by atoms with Gasteiger partial charge in [-0.2, -0.15) is 0 Å².